The van der Waals surface area contributed by atoms with Crippen LogP contribution in [0.5, 0.6) is 0 Å². The summed E-state index contributed by atoms with van der Waals surface area (Å²) in [6.07, 6.45) is 3.13. The van der Waals surface area contributed by atoms with Gasteiger partial charge in [-0.3, -0.25) is 0 Å². The van der Waals surface area contributed by atoms with Crippen molar-refractivity contribution in [2.75, 3.05) is 0 Å². The minimum absolute atomic E-state index is 0.713. The second-order valence-corrected chi connectivity index (χ2v) is 0.706. The number of rotatable bonds is 0. The van der Waals surface area contributed by atoms with Gasteiger partial charge in [-0.25, -0.2) is 4.79 Å². The highest BCUT2D eigenvalue weighted by atomic mass is 16.5. The Labute approximate surface area is 33.2 Å². The predicted molar refractivity (Wildman–Crippen MR) is 16.1 cm³/mol. The molecule has 1 radical (unpaired) electrons. The van der Waals surface area contributed by atoms with Gasteiger partial charge in [0, 0.05) is 0 Å². The average molecular weight is 85.0 g/mol. The molecule has 0 N–H and O–H groups in total. The Kier molecular flexibility index (Phi) is 0.538. The van der Waals surface area contributed by atoms with Crippen molar-refractivity contribution in [1.82, 2.24) is 0 Å². The largest absolute Gasteiger partial charge is 0.519 e. The van der Waals surface area contributed by atoms with E-state index in [4.69, 9.17) is 0 Å². The van der Waals surface area contributed by atoms with E-state index in [0.29, 0.717) is 0 Å². The van der Waals surface area contributed by atoms with Crippen LogP contribution >= 0.6 is 0 Å². The van der Waals surface area contributed by atoms with Crippen molar-refractivity contribution in [3.05, 3.63) is 23.1 Å². The number of hydrogen-bond donors (Lipinski definition) is 0. The van der Waals surface area contributed by atoms with Crippen LogP contribution in [0.4, 0.5) is 0 Å². The van der Waals surface area contributed by atoms with E-state index in [1.165, 1.54) is 0 Å². The van der Waals surface area contributed by atoms with Crippen molar-refractivity contribution in [3.63, 3.8) is 0 Å². The highest BCUT2D eigenvalue weighted by Gasteiger charge is 1.78. The molecule has 1 aromatic heterocycles. The molecule has 1 aromatic rings. The Morgan fingerprint density at radius 3 is 2.83 bits per heavy atom. The smallest absolute Gasteiger partial charge is 0.399 e. The quantitative estimate of drug-likeness (QED) is 0.446. The molecule has 0 aliphatic carbocycles. The molecule has 0 fully saturated rings. The SMILES string of the molecule is O=c1o[c]co1. The van der Waals surface area contributed by atoms with Crippen LogP contribution in [-0.4, -0.2) is 0 Å². The second-order valence-electron chi connectivity index (χ2n) is 0.706. The van der Waals surface area contributed by atoms with E-state index in [9.17, 15) is 4.79 Å². The Morgan fingerprint density at radius 1 is 1.83 bits per heavy atom. The van der Waals surface area contributed by atoms with Gasteiger partial charge in [-0.15, -0.1) is 0 Å². The van der Waals surface area contributed by atoms with Gasteiger partial charge in [0.05, 0.1) is 0 Å². The Hall–Kier alpha value is -0.990. The van der Waals surface area contributed by atoms with Gasteiger partial charge in [0.15, 0.2) is 0 Å². The molecule has 0 spiro atoms. The van der Waals surface area contributed by atoms with Crippen LogP contribution in [0.1, 0.15) is 0 Å². The van der Waals surface area contributed by atoms with Crippen LogP contribution < -0.4 is 5.82 Å². The third-order valence-electron chi connectivity index (χ3n) is 0.346. The van der Waals surface area contributed by atoms with Crippen LogP contribution in [0.15, 0.2) is 19.9 Å². The van der Waals surface area contributed by atoms with Gasteiger partial charge >= 0.3 is 5.82 Å². The fraction of sp³-hybridized carbons (Fsp3) is 0. The van der Waals surface area contributed by atoms with Gasteiger partial charge in [0.2, 0.25) is 6.26 Å². The minimum Gasteiger partial charge on any atom is -0.399 e. The second kappa shape index (κ2) is 1.01. The molecule has 0 saturated carbocycles. The summed E-state index contributed by atoms with van der Waals surface area (Å²) < 4.78 is 8.04. The van der Waals surface area contributed by atoms with E-state index in [0.717, 1.165) is 6.26 Å². The molecule has 0 aliphatic rings. The van der Waals surface area contributed by atoms with E-state index >= 15 is 0 Å². The fourth-order valence-electron chi connectivity index (χ4n) is 0.168. The lowest BCUT2D eigenvalue weighted by Crippen LogP contribution is -1.83. The molecular formula is C3HO3. The summed E-state index contributed by atoms with van der Waals surface area (Å²) in [7, 11) is 0. The van der Waals surface area contributed by atoms with Gasteiger partial charge in [-0.1, -0.05) is 0 Å². The van der Waals surface area contributed by atoms with Gasteiger partial charge in [0.1, 0.15) is 6.26 Å². The zero-order valence-electron chi connectivity index (χ0n) is 2.80. The minimum atomic E-state index is -0.713. The first-order valence-electron chi connectivity index (χ1n) is 1.34. The molecule has 0 amide bonds. The zero-order chi connectivity index (χ0) is 4.41. The summed E-state index contributed by atoms with van der Waals surface area (Å²) in [5.41, 5.74) is 0. The molecule has 0 bridgehead atoms. The van der Waals surface area contributed by atoms with Crippen LogP contribution in [0.2, 0.25) is 0 Å². The molecule has 0 aromatic carbocycles. The summed E-state index contributed by atoms with van der Waals surface area (Å²) in [5, 5.41) is 0. The summed E-state index contributed by atoms with van der Waals surface area (Å²) >= 11 is 0. The highest BCUT2D eigenvalue weighted by molar-refractivity contribution is 4.46. The first-order valence-corrected chi connectivity index (χ1v) is 1.34. The molecule has 0 saturated heterocycles. The van der Waals surface area contributed by atoms with E-state index in [1.54, 1.807) is 0 Å². The van der Waals surface area contributed by atoms with Crippen LogP contribution in [0, 0.1) is 6.26 Å². The number of hydrogen-bond acceptors (Lipinski definition) is 3. The summed E-state index contributed by atoms with van der Waals surface area (Å²) in [5.74, 6) is -0.713. The molecule has 0 atom stereocenters. The van der Waals surface area contributed by atoms with E-state index in [1.807, 2.05) is 0 Å². The first kappa shape index (κ1) is 3.21. The molecule has 3 heteroatoms. The van der Waals surface area contributed by atoms with Gasteiger partial charge in [-0.2, -0.15) is 0 Å². The maximum absolute atomic E-state index is 9.70. The molecule has 1 rings (SSSR count). The predicted octanol–water partition coefficient (Wildman–Crippen LogP) is 0.0330. The highest BCUT2D eigenvalue weighted by Crippen LogP contribution is 1.68. The fourth-order valence-corrected chi connectivity index (χ4v) is 0.168. The maximum atomic E-state index is 9.70. The summed E-state index contributed by atoms with van der Waals surface area (Å²) in [6, 6.07) is 0. The zero-order valence-corrected chi connectivity index (χ0v) is 2.80. The standard InChI is InChI=1S/C3HO3/c4-3-5-1-2-6-3/h1H. The van der Waals surface area contributed by atoms with Crippen LogP contribution in [0.3, 0.4) is 0 Å². The molecular weight excluding hydrogens is 84.0 g/mol. The van der Waals surface area contributed by atoms with Crippen molar-refractivity contribution in [1.29, 1.82) is 0 Å². The molecule has 6 heavy (non-hydrogen) atoms. The van der Waals surface area contributed by atoms with Crippen molar-refractivity contribution in [2.24, 2.45) is 0 Å². The van der Waals surface area contributed by atoms with Crippen molar-refractivity contribution in [3.8, 4) is 0 Å². The lowest BCUT2D eigenvalue weighted by molar-refractivity contribution is 0.383. The Morgan fingerprint density at radius 2 is 2.67 bits per heavy atom. The lowest BCUT2D eigenvalue weighted by atomic mass is 11.1. The topological polar surface area (TPSA) is 43.4 Å². The summed E-state index contributed by atoms with van der Waals surface area (Å²) in [6.45, 7) is 0. The van der Waals surface area contributed by atoms with E-state index in [2.05, 4.69) is 15.1 Å². The molecule has 31 valence electrons. The van der Waals surface area contributed by atoms with E-state index in [-0.39, 0.29) is 0 Å². The molecule has 0 aliphatic heterocycles. The van der Waals surface area contributed by atoms with Crippen LogP contribution in [-0.2, 0) is 0 Å². The monoisotopic (exact) mass is 85.0 g/mol. The molecule has 0 unspecified atom stereocenters. The maximum Gasteiger partial charge on any atom is 0.519 e. The van der Waals surface area contributed by atoms with Crippen molar-refractivity contribution >= 4 is 0 Å². The third kappa shape index (κ3) is 0.337. The van der Waals surface area contributed by atoms with Crippen molar-refractivity contribution in [2.45, 2.75) is 0 Å². The van der Waals surface area contributed by atoms with Crippen molar-refractivity contribution < 1.29 is 8.83 Å². The van der Waals surface area contributed by atoms with Crippen LogP contribution in [0.25, 0.3) is 0 Å². The molecule has 3 nitrogen and oxygen atoms in total. The van der Waals surface area contributed by atoms with Gasteiger partial charge in [-0.05, 0) is 0 Å². The third-order valence-corrected chi connectivity index (χ3v) is 0.346. The van der Waals surface area contributed by atoms with Gasteiger partial charge < -0.3 is 8.83 Å². The Balaban J connectivity index is 3.41. The normalized spacial score (nSPS) is 8.67. The van der Waals surface area contributed by atoms with Gasteiger partial charge in [0.25, 0.3) is 0 Å². The molecule has 1 heterocycles. The lowest BCUT2D eigenvalue weighted by Gasteiger charge is -1.49. The average Bonchev–Trinajstić information content (AvgIpc) is 1.86. The first-order chi connectivity index (χ1) is 2.89. The Bertz CT molecular complexity index is 144. The van der Waals surface area contributed by atoms with E-state index < -0.39 is 5.82 Å². The summed E-state index contributed by atoms with van der Waals surface area (Å²) in [4.78, 5) is 9.70.